The monoisotopic (exact) mass is 263 g/mol. The van der Waals surface area contributed by atoms with Gasteiger partial charge in [-0.3, -0.25) is 0 Å². The van der Waals surface area contributed by atoms with Crippen molar-refractivity contribution in [1.29, 1.82) is 0 Å². The molecule has 0 bridgehead atoms. The number of hydrogen-bond donors (Lipinski definition) is 1. The van der Waals surface area contributed by atoms with Crippen LogP contribution in [0.2, 0.25) is 0 Å². The Labute approximate surface area is 111 Å². The molecule has 6 heteroatoms. The summed E-state index contributed by atoms with van der Waals surface area (Å²) in [6.45, 7) is 2.21. The van der Waals surface area contributed by atoms with Crippen molar-refractivity contribution in [2.45, 2.75) is 26.0 Å². The standard InChI is InChI=1S/C13H17N3O3/c1-9(14)5-10-6-11(17-2)3-4-12(10)18-7-13-15-8-19-16-13/h3-4,6,8-9H,5,7,14H2,1-2H3. The van der Waals surface area contributed by atoms with E-state index in [-0.39, 0.29) is 12.6 Å². The lowest BCUT2D eigenvalue weighted by atomic mass is 10.1. The maximum Gasteiger partial charge on any atom is 0.213 e. The van der Waals surface area contributed by atoms with Crippen LogP contribution in [0.25, 0.3) is 0 Å². The van der Waals surface area contributed by atoms with Crippen LogP contribution in [0.3, 0.4) is 0 Å². The molecule has 1 aromatic heterocycles. The summed E-state index contributed by atoms with van der Waals surface area (Å²) < 4.78 is 15.5. The minimum absolute atomic E-state index is 0.0413. The molecule has 0 amide bonds. The third kappa shape index (κ3) is 3.69. The van der Waals surface area contributed by atoms with Crippen LogP contribution < -0.4 is 15.2 Å². The zero-order valence-electron chi connectivity index (χ0n) is 11.0. The molecule has 2 rings (SSSR count). The Hall–Kier alpha value is -2.08. The van der Waals surface area contributed by atoms with Gasteiger partial charge in [0, 0.05) is 6.04 Å². The summed E-state index contributed by atoms with van der Waals surface area (Å²) in [7, 11) is 1.63. The van der Waals surface area contributed by atoms with Gasteiger partial charge in [-0.1, -0.05) is 5.16 Å². The summed E-state index contributed by atoms with van der Waals surface area (Å²) in [4.78, 5) is 3.90. The van der Waals surface area contributed by atoms with E-state index in [2.05, 4.69) is 14.7 Å². The molecule has 0 aliphatic rings. The van der Waals surface area contributed by atoms with Gasteiger partial charge in [0.2, 0.25) is 12.2 Å². The molecular weight excluding hydrogens is 246 g/mol. The highest BCUT2D eigenvalue weighted by atomic mass is 16.5. The molecule has 19 heavy (non-hydrogen) atoms. The highest BCUT2D eigenvalue weighted by Gasteiger charge is 2.09. The van der Waals surface area contributed by atoms with Crippen LogP contribution >= 0.6 is 0 Å². The predicted molar refractivity (Wildman–Crippen MR) is 69.0 cm³/mol. The molecule has 102 valence electrons. The van der Waals surface area contributed by atoms with E-state index in [0.717, 1.165) is 17.1 Å². The Morgan fingerprint density at radius 3 is 2.89 bits per heavy atom. The predicted octanol–water partition coefficient (Wildman–Crippen LogP) is 1.55. The molecule has 0 aliphatic heterocycles. The van der Waals surface area contributed by atoms with Crippen LogP contribution in [0.4, 0.5) is 0 Å². The van der Waals surface area contributed by atoms with Crippen LogP contribution in [0.5, 0.6) is 11.5 Å². The zero-order valence-corrected chi connectivity index (χ0v) is 11.0. The minimum Gasteiger partial charge on any atom is -0.497 e. The number of nitrogens with two attached hydrogens (primary N) is 1. The van der Waals surface area contributed by atoms with Crippen LogP contribution in [-0.4, -0.2) is 23.3 Å². The first-order valence-corrected chi connectivity index (χ1v) is 5.99. The summed E-state index contributed by atoms with van der Waals surface area (Å²) >= 11 is 0. The average Bonchev–Trinajstić information content (AvgIpc) is 2.89. The molecule has 2 N–H and O–H groups in total. The fraction of sp³-hybridized carbons (Fsp3) is 0.385. The van der Waals surface area contributed by atoms with Gasteiger partial charge < -0.3 is 19.7 Å². The average molecular weight is 263 g/mol. The SMILES string of the molecule is COc1ccc(OCc2ncon2)c(CC(C)N)c1. The first-order chi connectivity index (χ1) is 9.19. The Morgan fingerprint density at radius 2 is 2.26 bits per heavy atom. The van der Waals surface area contributed by atoms with Crippen molar-refractivity contribution in [2.24, 2.45) is 5.73 Å². The molecule has 0 aliphatic carbocycles. The second-order valence-corrected chi connectivity index (χ2v) is 4.29. The maximum absolute atomic E-state index is 5.84. The minimum atomic E-state index is 0.0413. The number of methoxy groups -OCH3 is 1. The fourth-order valence-corrected chi connectivity index (χ4v) is 1.73. The maximum atomic E-state index is 5.84. The summed E-state index contributed by atoms with van der Waals surface area (Å²) in [6, 6.07) is 5.67. The van der Waals surface area contributed by atoms with Crippen molar-refractivity contribution in [3.63, 3.8) is 0 Å². The van der Waals surface area contributed by atoms with Gasteiger partial charge in [-0.05, 0) is 37.1 Å². The van der Waals surface area contributed by atoms with Gasteiger partial charge in [0.15, 0.2) is 6.61 Å². The van der Waals surface area contributed by atoms with Crippen molar-refractivity contribution < 1.29 is 14.0 Å². The molecule has 1 atom stereocenters. The number of nitrogens with zero attached hydrogens (tertiary/aromatic N) is 2. The van der Waals surface area contributed by atoms with Crippen molar-refractivity contribution >= 4 is 0 Å². The van der Waals surface area contributed by atoms with E-state index in [1.807, 2.05) is 25.1 Å². The smallest absolute Gasteiger partial charge is 0.213 e. The number of rotatable bonds is 6. The lowest BCUT2D eigenvalue weighted by Crippen LogP contribution is -2.18. The van der Waals surface area contributed by atoms with Crippen LogP contribution in [0, 0.1) is 0 Å². The molecular formula is C13H17N3O3. The summed E-state index contributed by atoms with van der Waals surface area (Å²) in [5, 5.41) is 3.70. The van der Waals surface area contributed by atoms with Gasteiger partial charge in [-0.2, -0.15) is 4.98 Å². The molecule has 0 fully saturated rings. The van der Waals surface area contributed by atoms with E-state index in [9.17, 15) is 0 Å². The van der Waals surface area contributed by atoms with Gasteiger partial charge >= 0.3 is 0 Å². The molecule has 1 aromatic carbocycles. The van der Waals surface area contributed by atoms with Crippen molar-refractivity contribution in [2.75, 3.05) is 7.11 Å². The van der Waals surface area contributed by atoms with Crippen LogP contribution in [0.15, 0.2) is 29.1 Å². The highest BCUT2D eigenvalue weighted by molar-refractivity contribution is 5.40. The lowest BCUT2D eigenvalue weighted by Gasteiger charge is -2.13. The zero-order chi connectivity index (χ0) is 13.7. The number of benzene rings is 1. The molecule has 0 spiro atoms. The fourth-order valence-electron chi connectivity index (χ4n) is 1.73. The lowest BCUT2D eigenvalue weighted by molar-refractivity contribution is 0.283. The first-order valence-electron chi connectivity index (χ1n) is 5.99. The van der Waals surface area contributed by atoms with Gasteiger partial charge in [0.1, 0.15) is 11.5 Å². The Balaban J connectivity index is 2.13. The third-order valence-corrected chi connectivity index (χ3v) is 2.57. The molecule has 1 heterocycles. The molecule has 6 nitrogen and oxygen atoms in total. The number of hydrogen-bond acceptors (Lipinski definition) is 6. The van der Waals surface area contributed by atoms with E-state index < -0.39 is 0 Å². The second-order valence-electron chi connectivity index (χ2n) is 4.29. The van der Waals surface area contributed by atoms with Crippen molar-refractivity contribution in [3.8, 4) is 11.5 Å². The summed E-state index contributed by atoms with van der Waals surface area (Å²) in [5.74, 6) is 2.04. The van der Waals surface area contributed by atoms with Gasteiger partial charge in [-0.25, -0.2) is 0 Å². The largest absolute Gasteiger partial charge is 0.497 e. The molecule has 1 unspecified atom stereocenters. The van der Waals surface area contributed by atoms with Gasteiger partial charge in [0.05, 0.1) is 7.11 Å². The highest BCUT2D eigenvalue weighted by Crippen LogP contribution is 2.25. The van der Waals surface area contributed by atoms with Crippen molar-refractivity contribution in [3.05, 3.63) is 36.0 Å². The van der Waals surface area contributed by atoms with E-state index in [0.29, 0.717) is 12.2 Å². The molecule has 0 saturated carbocycles. The molecule has 0 radical (unpaired) electrons. The topological polar surface area (TPSA) is 83.4 Å². The van der Waals surface area contributed by atoms with Gasteiger partial charge in [-0.15, -0.1) is 0 Å². The Kier molecular flexibility index (Phi) is 4.35. The first kappa shape index (κ1) is 13.4. The summed E-state index contributed by atoms with van der Waals surface area (Å²) in [5.41, 5.74) is 6.84. The van der Waals surface area contributed by atoms with Crippen LogP contribution in [0.1, 0.15) is 18.3 Å². The molecule has 0 saturated heterocycles. The Bertz CT molecular complexity index is 512. The van der Waals surface area contributed by atoms with E-state index in [4.69, 9.17) is 15.2 Å². The van der Waals surface area contributed by atoms with Gasteiger partial charge in [0.25, 0.3) is 0 Å². The quantitative estimate of drug-likeness (QED) is 0.851. The number of ether oxygens (including phenoxy) is 2. The van der Waals surface area contributed by atoms with E-state index in [1.54, 1.807) is 7.11 Å². The molecule has 2 aromatic rings. The number of aromatic nitrogens is 2. The van der Waals surface area contributed by atoms with E-state index >= 15 is 0 Å². The normalized spacial score (nSPS) is 12.2. The van der Waals surface area contributed by atoms with Crippen LogP contribution in [-0.2, 0) is 13.0 Å². The van der Waals surface area contributed by atoms with E-state index in [1.165, 1.54) is 6.39 Å². The van der Waals surface area contributed by atoms with Crippen molar-refractivity contribution in [1.82, 2.24) is 10.1 Å². The Morgan fingerprint density at radius 1 is 1.42 bits per heavy atom. The second kappa shape index (κ2) is 6.19. The third-order valence-electron chi connectivity index (χ3n) is 2.57. The summed E-state index contributed by atoms with van der Waals surface area (Å²) in [6.07, 6.45) is 1.98.